The van der Waals surface area contributed by atoms with Gasteiger partial charge in [0, 0.05) is 50.1 Å². The van der Waals surface area contributed by atoms with Gasteiger partial charge in [0.05, 0.1) is 19.1 Å². The topological polar surface area (TPSA) is 158 Å². The van der Waals surface area contributed by atoms with Crippen LogP contribution < -0.4 is 5.73 Å². The van der Waals surface area contributed by atoms with Crippen LogP contribution in [0, 0.1) is 0 Å². The molecular formula is C23H32ClN9O3. The van der Waals surface area contributed by atoms with E-state index in [-0.39, 0.29) is 6.10 Å². The number of carbonyl (C=O) groups is 1. The molecule has 4 heterocycles. The first-order valence-electron chi connectivity index (χ1n) is 12.0. The van der Waals surface area contributed by atoms with Gasteiger partial charge in [0.1, 0.15) is 11.7 Å². The molecule has 2 fully saturated rings. The van der Waals surface area contributed by atoms with Crippen molar-refractivity contribution in [2.75, 3.05) is 26.2 Å². The fraction of sp³-hybridized carbons (Fsp3) is 0.565. The number of hydrogen-bond acceptors (Lipinski definition) is 10. The lowest BCUT2D eigenvalue weighted by Crippen LogP contribution is -2.57. The lowest BCUT2D eigenvalue weighted by molar-refractivity contribution is -0.134. The molecule has 0 saturated carbocycles. The number of H-pyrrole nitrogens is 1. The van der Waals surface area contributed by atoms with E-state index in [1.807, 2.05) is 12.1 Å². The van der Waals surface area contributed by atoms with Gasteiger partial charge in [-0.2, -0.15) is 5.21 Å². The van der Waals surface area contributed by atoms with Gasteiger partial charge in [-0.3, -0.25) is 9.69 Å². The van der Waals surface area contributed by atoms with Crippen LogP contribution in [-0.4, -0.2) is 97.6 Å². The van der Waals surface area contributed by atoms with Gasteiger partial charge in [-0.15, -0.1) is 20.4 Å². The monoisotopic (exact) mass is 517 g/mol. The molecule has 2 atom stereocenters. The number of piperidine rings is 1. The van der Waals surface area contributed by atoms with Crippen LogP contribution in [0.4, 0.5) is 0 Å². The van der Waals surface area contributed by atoms with E-state index in [4.69, 9.17) is 32.0 Å². The molecule has 1 aromatic carbocycles. The second kappa shape index (κ2) is 12.2. The Morgan fingerprint density at radius 1 is 1.22 bits per heavy atom. The molecule has 0 amide bonds. The fourth-order valence-corrected chi connectivity index (χ4v) is 5.00. The maximum atomic E-state index is 9.00. The van der Waals surface area contributed by atoms with Gasteiger partial charge < -0.3 is 20.5 Å². The minimum absolute atomic E-state index is 0.0551. The Balaban J connectivity index is 0.000000709. The highest BCUT2D eigenvalue weighted by atomic mass is 35.5. The summed E-state index contributed by atoms with van der Waals surface area (Å²) in [4.78, 5) is 14.0. The number of amidine groups is 2. The molecule has 12 nitrogen and oxygen atoms in total. The number of rotatable bonds is 5. The van der Waals surface area contributed by atoms with Crippen LogP contribution in [0.3, 0.4) is 0 Å². The largest absolute Gasteiger partial charge is 0.481 e. The van der Waals surface area contributed by atoms with Gasteiger partial charge in [-0.25, -0.2) is 0 Å². The molecule has 0 radical (unpaired) electrons. The minimum Gasteiger partial charge on any atom is -0.481 e. The van der Waals surface area contributed by atoms with Crippen molar-refractivity contribution in [1.82, 2.24) is 30.4 Å². The average molecular weight is 518 g/mol. The van der Waals surface area contributed by atoms with Crippen LogP contribution in [-0.2, 0) is 22.4 Å². The Bertz CT molecular complexity index is 1050. The number of aromatic nitrogens is 4. The number of benzene rings is 1. The number of morpholine rings is 1. The number of aliphatic carboxylic acids is 1. The van der Waals surface area contributed by atoms with E-state index in [2.05, 4.69) is 52.8 Å². The summed E-state index contributed by atoms with van der Waals surface area (Å²) in [6.07, 6.45) is 4.46. The molecule has 2 aromatic rings. The van der Waals surface area contributed by atoms with Crippen molar-refractivity contribution in [2.45, 2.75) is 57.2 Å². The van der Waals surface area contributed by atoms with Crippen LogP contribution in [0.5, 0.6) is 0 Å². The van der Waals surface area contributed by atoms with Crippen molar-refractivity contribution in [1.29, 1.82) is 0 Å². The third-order valence-electron chi connectivity index (χ3n) is 6.52. The normalized spacial score (nSPS) is 23.0. The van der Waals surface area contributed by atoms with Crippen LogP contribution in [0.2, 0.25) is 5.02 Å². The van der Waals surface area contributed by atoms with Crippen molar-refractivity contribution < 1.29 is 14.6 Å². The first kappa shape index (κ1) is 26.0. The Morgan fingerprint density at radius 3 is 2.56 bits per heavy atom. The summed E-state index contributed by atoms with van der Waals surface area (Å²) in [5.74, 6) is 1.45. The fourth-order valence-electron chi connectivity index (χ4n) is 4.88. The first-order chi connectivity index (χ1) is 17.4. The number of carboxylic acid groups (broad SMARTS) is 1. The molecule has 0 spiro atoms. The number of tetrazole rings is 1. The van der Waals surface area contributed by atoms with Crippen molar-refractivity contribution >= 4 is 29.2 Å². The van der Waals surface area contributed by atoms with Crippen molar-refractivity contribution in [3.8, 4) is 0 Å². The number of hydrogen-bond donors (Lipinski definition) is 3. The number of aromatic amines is 1. The maximum Gasteiger partial charge on any atom is 0.300 e. The third-order valence-corrected chi connectivity index (χ3v) is 6.78. The summed E-state index contributed by atoms with van der Waals surface area (Å²) in [5.41, 5.74) is 7.08. The number of nitrogens with zero attached hydrogens (tertiary/aromatic N) is 7. The number of nitrogens with two attached hydrogens (primary N) is 1. The zero-order valence-electron chi connectivity index (χ0n) is 20.3. The SMILES string of the molecule is CC(=O)O.NC1=NN=C(N2CCC(N3C[C@H](Cc4nn[nH]n4)OC[C@@H]3Cc3ccc(Cl)cc3)CC2)C1. The van der Waals surface area contributed by atoms with Gasteiger partial charge in [-0.1, -0.05) is 28.9 Å². The minimum atomic E-state index is -0.833. The number of halogens is 1. The van der Waals surface area contributed by atoms with E-state index in [0.717, 1.165) is 56.7 Å². The van der Waals surface area contributed by atoms with Crippen LogP contribution >= 0.6 is 11.6 Å². The van der Waals surface area contributed by atoms with Gasteiger partial charge in [0.2, 0.25) is 0 Å². The highest BCUT2D eigenvalue weighted by molar-refractivity contribution is 6.30. The predicted molar refractivity (Wildman–Crippen MR) is 135 cm³/mol. The van der Waals surface area contributed by atoms with Crippen molar-refractivity contribution in [3.63, 3.8) is 0 Å². The van der Waals surface area contributed by atoms with Crippen LogP contribution in [0.25, 0.3) is 0 Å². The maximum absolute atomic E-state index is 9.00. The van der Waals surface area contributed by atoms with Crippen LogP contribution in [0.15, 0.2) is 34.5 Å². The lowest BCUT2D eigenvalue weighted by atomic mass is 9.95. The van der Waals surface area contributed by atoms with Gasteiger partial charge in [-0.05, 0) is 37.0 Å². The summed E-state index contributed by atoms with van der Waals surface area (Å²) in [6.45, 7) is 4.55. The van der Waals surface area contributed by atoms with Crippen LogP contribution in [0.1, 0.15) is 37.6 Å². The smallest absolute Gasteiger partial charge is 0.300 e. The zero-order valence-corrected chi connectivity index (χ0v) is 21.0. The van der Waals surface area contributed by atoms with E-state index in [1.165, 1.54) is 5.56 Å². The molecule has 194 valence electrons. The quantitative estimate of drug-likeness (QED) is 0.532. The molecule has 13 heteroatoms. The van der Waals surface area contributed by atoms with E-state index >= 15 is 0 Å². The van der Waals surface area contributed by atoms with Gasteiger partial charge in [0.15, 0.2) is 5.82 Å². The predicted octanol–water partition coefficient (Wildman–Crippen LogP) is 1.34. The summed E-state index contributed by atoms with van der Waals surface area (Å²) in [6, 6.07) is 8.93. The highest BCUT2D eigenvalue weighted by Crippen LogP contribution is 2.27. The molecule has 5 rings (SSSR count). The molecule has 36 heavy (non-hydrogen) atoms. The average Bonchev–Trinajstić information content (AvgIpc) is 3.53. The molecule has 0 unspecified atom stereocenters. The Kier molecular flexibility index (Phi) is 8.83. The van der Waals surface area contributed by atoms with Gasteiger partial charge >= 0.3 is 0 Å². The van der Waals surface area contributed by atoms with Crippen molar-refractivity contribution in [2.24, 2.45) is 15.9 Å². The molecule has 2 saturated heterocycles. The Labute approximate surface area is 214 Å². The van der Waals surface area contributed by atoms with Gasteiger partial charge in [0.25, 0.3) is 5.97 Å². The lowest BCUT2D eigenvalue weighted by Gasteiger charge is -2.47. The molecule has 0 bridgehead atoms. The third kappa shape index (κ3) is 7.21. The molecule has 0 aliphatic carbocycles. The molecule has 4 N–H and O–H groups in total. The first-order valence-corrected chi connectivity index (χ1v) is 12.4. The number of nitrogens with one attached hydrogen (secondary N) is 1. The summed E-state index contributed by atoms with van der Waals surface area (Å²) >= 11 is 6.08. The standard InChI is InChI=1S/C21H28ClN9O.C2H4O2/c22-15-3-1-14(2-4-15)9-17-13-32-18(10-20-25-28-29-26-20)12-31(17)16-5-7-30(8-6-16)21-11-19(23)24-27-21;1-2(3)4/h1-4,16-18H,5-13H2,(H2,23,24)(H,25,26,28,29);1H3,(H,3,4)/t17-,18-;/m0./s1. The second-order valence-corrected chi connectivity index (χ2v) is 9.63. The summed E-state index contributed by atoms with van der Waals surface area (Å²) in [7, 11) is 0. The van der Waals surface area contributed by atoms with E-state index < -0.39 is 5.97 Å². The molecule has 3 aliphatic heterocycles. The highest BCUT2D eigenvalue weighted by Gasteiger charge is 2.36. The molecule has 3 aliphatic rings. The van der Waals surface area contributed by atoms with Crippen molar-refractivity contribution in [3.05, 3.63) is 40.7 Å². The molecule has 1 aromatic heterocycles. The number of carboxylic acids is 1. The number of ether oxygens (including phenoxy) is 1. The van der Waals surface area contributed by atoms with E-state index in [9.17, 15) is 0 Å². The summed E-state index contributed by atoms with van der Waals surface area (Å²) in [5, 5.41) is 30.8. The number of likely N-dealkylation sites (tertiary alicyclic amines) is 1. The van der Waals surface area contributed by atoms with E-state index in [0.29, 0.717) is 43.2 Å². The summed E-state index contributed by atoms with van der Waals surface area (Å²) < 4.78 is 6.25. The second-order valence-electron chi connectivity index (χ2n) is 9.19. The van der Waals surface area contributed by atoms with E-state index in [1.54, 1.807) is 0 Å². The Morgan fingerprint density at radius 2 is 1.94 bits per heavy atom. The molecular weight excluding hydrogens is 486 g/mol. The Hall–Kier alpha value is -3.09. The zero-order chi connectivity index (χ0) is 25.5.